The van der Waals surface area contributed by atoms with Gasteiger partial charge in [0.05, 0.1) is 0 Å². The van der Waals surface area contributed by atoms with Gasteiger partial charge in [0.25, 0.3) is 5.91 Å². The molecule has 0 aliphatic heterocycles. The molecule has 0 bridgehead atoms. The molecular formula is C13H15ClN2O2. The lowest BCUT2D eigenvalue weighted by Gasteiger charge is -2.24. The second-order valence-corrected chi connectivity index (χ2v) is 4.44. The summed E-state index contributed by atoms with van der Waals surface area (Å²) in [6.45, 7) is 0.609. The van der Waals surface area contributed by atoms with Gasteiger partial charge in [0, 0.05) is 29.1 Å². The van der Waals surface area contributed by atoms with Crippen LogP contribution in [0.5, 0.6) is 0 Å². The largest absolute Gasteiger partial charge is 0.350 e. The van der Waals surface area contributed by atoms with E-state index in [1.807, 2.05) is 6.07 Å². The highest BCUT2D eigenvalue weighted by atomic mass is 35.5. The number of rotatable bonds is 4. The van der Waals surface area contributed by atoms with Crippen LogP contribution in [0.4, 0.5) is 0 Å². The topological polar surface area (TPSA) is 78.5 Å². The highest BCUT2D eigenvalue weighted by Crippen LogP contribution is 2.29. The van der Waals surface area contributed by atoms with Crippen LogP contribution in [0.25, 0.3) is 10.8 Å². The van der Waals surface area contributed by atoms with E-state index in [9.17, 15) is 10.2 Å². The molecule has 0 aromatic heterocycles. The summed E-state index contributed by atoms with van der Waals surface area (Å²) in [7, 11) is 0. The number of nitrogens with one attached hydrogen (secondary N) is 1. The number of aliphatic hydroxyl groups is 2. The van der Waals surface area contributed by atoms with Gasteiger partial charge in [0.2, 0.25) is 0 Å². The third kappa shape index (κ3) is 2.48. The van der Waals surface area contributed by atoms with Crippen molar-refractivity contribution in [2.24, 2.45) is 5.73 Å². The number of nitrogens with two attached hydrogens (primary N) is 1. The highest BCUT2D eigenvalue weighted by molar-refractivity contribution is 6.35. The van der Waals surface area contributed by atoms with E-state index in [0.717, 1.165) is 5.39 Å². The molecule has 2 aromatic rings. The minimum atomic E-state index is -2.12. The van der Waals surface area contributed by atoms with Crippen molar-refractivity contribution in [3.8, 4) is 0 Å². The first-order chi connectivity index (χ1) is 8.56. The number of hydrogen-bond donors (Lipinski definition) is 4. The summed E-state index contributed by atoms with van der Waals surface area (Å²) in [5, 5.41) is 24.7. The van der Waals surface area contributed by atoms with Gasteiger partial charge in [-0.05, 0) is 11.5 Å². The minimum Gasteiger partial charge on any atom is -0.350 e. The molecule has 0 saturated heterocycles. The fraction of sp³-hybridized carbons (Fsp3) is 0.231. The Labute approximate surface area is 110 Å². The summed E-state index contributed by atoms with van der Waals surface area (Å²) in [4.78, 5) is 0. The van der Waals surface area contributed by atoms with Crippen molar-refractivity contribution < 1.29 is 10.2 Å². The number of benzene rings is 2. The van der Waals surface area contributed by atoms with Crippen molar-refractivity contribution in [1.82, 2.24) is 5.32 Å². The smallest absolute Gasteiger partial charge is 0.251 e. The van der Waals surface area contributed by atoms with Gasteiger partial charge < -0.3 is 15.9 Å². The monoisotopic (exact) mass is 266 g/mol. The van der Waals surface area contributed by atoms with E-state index in [4.69, 9.17) is 17.3 Å². The summed E-state index contributed by atoms with van der Waals surface area (Å²) in [6.07, 6.45) is 0. The summed E-state index contributed by atoms with van der Waals surface area (Å²) >= 11 is 6.08. The van der Waals surface area contributed by atoms with Crippen molar-refractivity contribution >= 4 is 22.4 Å². The average Bonchev–Trinajstić information content (AvgIpc) is 2.36. The Balaban J connectivity index is 2.54. The van der Waals surface area contributed by atoms with Gasteiger partial charge in [-0.1, -0.05) is 41.9 Å². The lowest BCUT2D eigenvalue weighted by molar-refractivity contribution is -0.193. The van der Waals surface area contributed by atoms with E-state index in [-0.39, 0.29) is 0 Å². The third-order valence-electron chi connectivity index (χ3n) is 2.76. The zero-order valence-electron chi connectivity index (χ0n) is 9.73. The van der Waals surface area contributed by atoms with Crippen LogP contribution in [-0.4, -0.2) is 23.3 Å². The molecule has 0 fully saturated rings. The number of fused-ring (bicyclic) bond motifs is 1. The quantitative estimate of drug-likeness (QED) is 0.626. The molecule has 5 heteroatoms. The first-order valence-electron chi connectivity index (χ1n) is 5.64. The molecule has 0 aliphatic rings. The predicted molar refractivity (Wildman–Crippen MR) is 72.1 cm³/mol. The first kappa shape index (κ1) is 13.3. The summed E-state index contributed by atoms with van der Waals surface area (Å²) in [6, 6.07) is 10.5. The maximum Gasteiger partial charge on any atom is 0.251 e. The second kappa shape index (κ2) is 5.22. The van der Waals surface area contributed by atoms with Gasteiger partial charge in [-0.25, -0.2) is 0 Å². The normalized spacial score (nSPS) is 12.0. The average molecular weight is 267 g/mol. The van der Waals surface area contributed by atoms with Crippen LogP contribution in [0.2, 0.25) is 5.02 Å². The molecule has 0 unspecified atom stereocenters. The van der Waals surface area contributed by atoms with Gasteiger partial charge in [0.15, 0.2) is 0 Å². The van der Waals surface area contributed by atoms with Crippen LogP contribution < -0.4 is 11.1 Å². The molecule has 0 heterocycles. The van der Waals surface area contributed by atoms with Crippen molar-refractivity contribution in [1.29, 1.82) is 0 Å². The number of halogens is 1. The van der Waals surface area contributed by atoms with Crippen molar-refractivity contribution in [2.45, 2.75) is 5.91 Å². The van der Waals surface area contributed by atoms with Crippen molar-refractivity contribution in [3.05, 3.63) is 47.0 Å². The Bertz CT molecular complexity index is 558. The Morgan fingerprint density at radius 3 is 2.50 bits per heavy atom. The number of hydrogen-bond acceptors (Lipinski definition) is 4. The van der Waals surface area contributed by atoms with Crippen LogP contribution in [-0.2, 0) is 5.91 Å². The maximum atomic E-state index is 10.1. The second-order valence-electron chi connectivity index (χ2n) is 4.03. The van der Waals surface area contributed by atoms with Gasteiger partial charge in [-0.15, -0.1) is 0 Å². The predicted octanol–water partition coefficient (Wildman–Crippen LogP) is 1.14. The van der Waals surface area contributed by atoms with E-state index >= 15 is 0 Å². The molecule has 0 aliphatic carbocycles. The van der Waals surface area contributed by atoms with Crippen LogP contribution in [0.15, 0.2) is 36.4 Å². The standard InChI is InChI=1S/C13H15ClN2O2/c14-12-6-2-3-9-10(12)4-1-5-11(9)13(17,18)16-8-7-15/h1-6,16-18H,7-8,15H2. The molecule has 18 heavy (non-hydrogen) atoms. The fourth-order valence-electron chi connectivity index (χ4n) is 1.92. The molecule has 0 radical (unpaired) electrons. The Morgan fingerprint density at radius 1 is 1.11 bits per heavy atom. The van der Waals surface area contributed by atoms with E-state index in [0.29, 0.717) is 29.1 Å². The molecule has 4 nitrogen and oxygen atoms in total. The fourth-order valence-corrected chi connectivity index (χ4v) is 2.15. The van der Waals surface area contributed by atoms with Crippen LogP contribution >= 0.6 is 11.6 Å². The van der Waals surface area contributed by atoms with Gasteiger partial charge in [-0.3, -0.25) is 5.32 Å². The Morgan fingerprint density at radius 2 is 1.78 bits per heavy atom. The molecule has 2 rings (SSSR count). The van der Waals surface area contributed by atoms with Crippen molar-refractivity contribution in [2.75, 3.05) is 13.1 Å². The van der Waals surface area contributed by atoms with Crippen LogP contribution in [0.1, 0.15) is 5.56 Å². The van der Waals surface area contributed by atoms with Gasteiger partial charge in [-0.2, -0.15) is 0 Å². The molecule has 96 valence electrons. The van der Waals surface area contributed by atoms with Gasteiger partial charge >= 0.3 is 0 Å². The first-order valence-corrected chi connectivity index (χ1v) is 6.01. The molecule has 2 aromatic carbocycles. The molecule has 0 saturated carbocycles. The Kier molecular flexibility index (Phi) is 3.85. The molecule has 0 amide bonds. The molecule has 0 spiro atoms. The van der Waals surface area contributed by atoms with Crippen LogP contribution in [0.3, 0.4) is 0 Å². The van der Waals surface area contributed by atoms with Crippen molar-refractivity contribution in [3.63, 3.8) is 0 Å². The lowest BCUT2D eigenvalue weighted by atomic mass is 10.0. The maximum absolute atomic E-state index is 10.1. The summed E-state index contributed by atoms with van der Waals surface area (Å²) < 4.78 is 0. The summed E-state index contributed by atoms with van der Waals surface area (Å²) in [5.41, 5.74) is 5.70. The third-order valence-corrected chi connectivity index (χ3v) is 3.09. The van der Waals surface area contributed by atoms with Crippen LogP contribution in [0, 0.1) is 0 Å². The van der Waals surface area contributed by atoms with E-state index in [1.54, 1.807) is 30.3 Å². The Hall–Kier alpha value is -1.17. The molecule has 5 N–H and O–H groups in total. The zero-order valence-corrected chi connectivity index (χ0v) is 10.5. The molecule has 0 atom stereocenters. The van der Waals surface area contributed by atoms with Gasteiger partial charge in [0.1, 0.15) is 0 Å². The zero-order chi connectivity index (χ0) is 13.2. The SMILES string of the molecule is NCCNC(O)(O)c1cccc2c(Cl)cccc12. The lowest BCUT2D eigenvalue weighted by Crippen LogP contribution is -2.44. The minimum absolute atomic E-state index is 0.296. The summed E-state index contributed by atoms with van der Waals surface area (Å²) in [5.74, 6) is -2.12. The molecular weight excluding hydrogens is 252 g/mol. The van der Waals surface area contributed by atoms with E-state index in [2.05, 4.69) is 5.32 Å². The van der Waals surface area contributed by atoms with E-state index < -0.39 is 5.91 Å². The highest BCUT2D eigenvalue weighted by Gasteiger charge is 2.26. The van der Waals surface area contributed by atoms with E-state index in [1.165, 1.54) is 0 Å².